The Hall–Kier alpha value is -3.80. The monoisotopic (exact) mass is 416 g/mol. The van der Waals surface area contributed by atoms with Crippen molar-refractivity contribution >= 4 is 11.6 Å². The van der Waals surface area contributed by atoms with Gasteiger partial charge in [-0.1, -0.05) is 65.3 Å². The minimum absolute atomic E-state index is 0.183. The molecule has 158 valence electrons. The van der Waals surface area contributed by atoms with Crippen LogP contribution in [0.15, 0.2) is 78.0 Å². The van der Waals surface area contributed by atoms with Crippen molar-refractivity contribution in [2.75, 3.05) is 13.4 Å². The molecule has 1 N–H and O–H groups in total. The Morgan fingerprint density at radius 3 is 2.48 bits per heavy atom. The molecule has 0 aromatic heterocycles. The Bertz CT molecular complexity index is 1080. The first kappa shape index (κ1) is 20.5. The molecule has 0 bridgehead atoms. The normalized spacial score (nSPS) is 13.5. The summed E-state index contributed by atoms with van der Waals surface area (Å²) in [5.41, 5.74) is 4.65. The van der Waals surface area contributed by atoms with Crippen LogP contribution in [0.25, 0.3) is 0 Å². The van der Waals surface area contributed by atoms with E-state index >= 15 is 0 Å². The van der Waals surface area contributed by atoms with Gasteiger partial charge in [0.05, 0.1) is 11.8 Å². The van der Waals surface area contributed by atoms with Gasteiger partial charge in [0.15, 0.2) is 18.1 Å². The molecular formula is C25H24N2O4. The third-order valence-corrected chi connectivity index (χ3v) is 5.04. The zero-order valence-electron chi connectivity index (χ0n) is 17.5. The molecule has 1 aliphatic heterocycles. The molecular weight excluding hydrogens is 392 g/mol. The number of benzene rings is 3. The summed E-state index contributed by atoms with van der Waals surface area (Å²) in [6, 6.07) is 23.2. The average molecular weight is 416 g/mol. The Balaban J connectivity index is 1.41. The van der Waals surface area contributed by atoms with E-state index in [4.69, 9.17) is 14.3 Å². The number of fused-ring (bicyclic) bond motifs is 1. The van der Waals surface area contributed by atoms with E-state index in [2.05, 4.69) is 10.5 Å². The van der Waals surface area contributed by atoms with Gasteiger partial charge in [0.1, 0.15) is 0 Å². The number of carbonyl (C=O) groups excluding carboxylic acids is 1. The van der Waals surface area contributed by atoms with Gasteiger partial charge in [0.2, 0.25) is 6.79 Å². The van der Waals surface area contributed by atoms with Crippen LogP contribution in [0, 0.1) is 6.92 Å². The first-order valence-corrected chi connectivity index (χ1v) is 10.1. The molecule has 3 aromatic carbocycles. The molecule has 0 spiro atoms. The van der Waals surface area contributed by atoms with E-state index in [1.165, 1.54) is 5.56 Å². The highest BCUT2D eigenvalue weighted by Crippen LogP contribution is 2.32. The third-order valence-electron chi connectivity index (χ3n) is 5.04. The molecule has 31 heavy (non-hydrogen) atoms. The number of hydrogen-bond donors (Lipinski definition) is 1. The lowest BCUT2D eigenvalue weighted by Crippen LogP contribution is -2.32. The first-order chi connectivity index (χ1) is 15.1. The van der Waals surface area contributed by atoms with Crippen molar-refractivity contribution in [1.82, 2.24) is 5.32 Å². The Labute approximate surface area is 181 Å². The molecule has 0 fully saturated rings. The van der Waals surface area contributed by atoms with E-state index in [0.717, 1.165) is 16.7 Å². The predicted molar refractivity (Wildman–Crippen MR) is 118 cm³/mol. The topological polar surface area (TPSA) is 69.2 Å². The summed E-state index contributed by atoms with van der Waals surface area (Å²) in [7, 11) is 0. The van der Waals surface area contributed by atoms with Crippen molar-refractivity contribution < 1.29 is 19.1 Å². The number of ether oxygens (including phenoxy) is 2. The number of hydrogen-bond acceptors (Lipinski definition) is 5. The quantitative estimate of drug-likeness (QED) is 0.459. The lowest BCUT2D eigenvalue weighted by molar-refractivity contribution is -0.126. The van der Waals surface area contributed by atoms with Gasteiger partial charge < -0.3 is 19.6 Å². The average Bonchev–Trinajstić information content (AvgIpc) is 3.27. The second kappa shape index (κ2) is 9.34. The van der Waals surface area contributed by atoms with Crippen LogP contribution in [0.1, 0.15) is 35.2 Å². The van der Waals surface area contributed by atoms with Crippen LogP contribution in [0.5, 0.6) is 11.5 Å². The molecule has 6 nitrogen and oxygen atoms in total. The van der Waals surface area contributed by atoms with Crippen molar-refractivity contribution in [1.29, 1.82) is 0 Å². The van der Waals surface area contributed by atoms with Gasteiger partial charge in [-0.2, -0.15) is 0 Å². The highest BCUT2D eigenvalue weighted by atomic mass is 16.7. The van der Waals surface area contributed by atoms with Crippen LogP contribution in [-0.4, -0.2) is 25.0 Å². The summed E-state index contributed by atoms with van der Waals surface area (Å²) >= 11 is 0. The van der Waals surface area contributed by atoms with E-state index in [9.17, 15) is 4.79 Å². The van der Waals surface area contributed by atoms with Crippen LogP contribution in [0.4, 0.5) is 0 Å². The van der Waals surface area contributed by atoms with Gasteiger partial charge in [-0.05, 0) is 43.2 Å². The van der Waals surface area contributed by atoms with Crippen LogP contribution >= 0.6 is 0 Å². The minimum atomic E-state index is -0.267. The molecule has 3 aromatic rings. The van der Waals surface area contributed by atoms with Crippen molar-refractivity contribution in [3.63, 3.8) is 0 Å². The Morgan fingerprint density at radius 1 is 1.00 bits per heavy atom. The van der Waals surface area contributed by atoms with E-state index in [-0.39, 0.29) is 25.3 Å². The number of carbonyl (C=O) groups is 1. The van der Waals surface area contributed by atoms with E-state index in [0.29, 0.717) is 17.2 Å². The Morgan fingerprint density at radius 2 is 1.71 bits per heavy atom. The maximum Gasteiger partial charge on any atom is 0.261 e. The smallest absolute Gasteiger partial charge is 0.261 e. The summed E-state index contributed by atoms with van der Waals surface area (Å²) in [4.78, 5) is 17.9. The number of nitrogens with zero attached hydrogens (tertiary/aromatic N) is 1. The summed E-state index contributed by atoms with van der Waals surface area (Å²) in [6.07, 6.45) is 0. The maximum atomic E-state index is 12.6. The zero-order valence-corrected chi connectivity index (χ0v) is 17.5. The van der Waals surface area contributed by atoms with Gasteiger partial charge in [0, 0.05) is 5.56 Å². The van der Waals surface area contributed by atoms with Crippen LogP contribution in [-0.2, 0) is 9.63 Å². The second-order valence-corrected chi connectivity index (χ2v) is 7.34. The van der Waals surface area contributed by atoms with Crippen LogP contribution in [0.2, 0.25) is 0 Å². The number of oxime groups is 1. The van der Waals surface area contributed by atoms with Gasteiger partial charge in [-0.3, -0.25) is 4.79 Å². The molecule has 4 rings (SSSR count). The molecule has 0 aliphatic carbocycles. The molecule has 1 unspecified atom stereocenters. The minimum Gasteiger partial charge on any atom is -0.454 e. The molecule has 0 radical (unpaired) electrons. The number of rotatable bonds is 7. The van der Waals surface area contributed by atoms with Gasteiger partial charge in [-0.25, -0.2) is 0 Å². The fourth-order valence-corrected chi connectivity index (χ4v) is 3.33. The zero-order chi connectivity index (χ0) is 21.6. The van der Waals surface area contributed by atoms with E-state index < -0.39 is 0 Å². The molecule has 1 aliphatic rings. The van der Waals surface area contributed by atoms with Gasteiger partial charge in [0.25, 0.3) is 5.91 Å². The van der Waals surface area contributed by atoms with Crippen LogP contribution < -0.4 is 14.8 Å². The maximum absolute atomic E-state index is 12.6. The lowest BCUT2D eigenvalue weighted by atomic mass is 9.98. The van der Waals surface area contributed by atoms with E-state index in [1.54, 1.807) is 0 Å². The van der Waals surface area contributed by atoms with Crippen molar-refractivity contribution in [3.8, 4) is 11.5 Å². The van der Waals surface area contributed by atoms with Crippen molar-refractivity contribution in [2.45, 2.75) is 19.9 Å². The molecule has 0 saturated carbocycles. The predicted octanol–water partition coefficient (Wildman–Crippen LogP) is 4.37. The summed E-state index contributed by atoms with van der Waals surface area (Å²) in [6.45, 7) is 3.88. The van der Waals surface area contributed by atoms with Crippen molar-refractivity contribution in [2.24, 2.45) is 5.16 Å². The summed E-state index contributed by atoms with van der Waals surface area (Å²) < 4.78 is 10.7. The molecule has 6 heteroatoms. The summed E-state index contributed by atoms with van der Waals surface area (Å²) in [5, 5.41) is 7.13. The lowest BCUT2D eigenvalue weighted by Gasteiger charge is -2.20. The van der Waals surface area contributed by atoms with Gasteiger partial charge >= 0.3 is 0 Å². The number of amides is 1. The third kappa shape index (κ3) is 5.04. The molecule has 1 amide bonds. The number of nitrogens with one attached hydrogen (secondary N) is 1. The number of aryl methyl sites for hydroxylation is 1. The second-order valence-electron chi connectivity index (χ2n) is 7.34. The fourth-order valence-electron chi connectivity index (χ4n) is 3.33. The van der Waals surface area contributed by atoms with Gasteiger partial charge in [-0.15, -0.1) is 0 Å². The first-order valence-electron chi connectivity index (χ1n) is 10.1. The SMILES string of the molecule is C/C(=N\OCC(=O)NC(c1ccccc1)c1ccc(C)cc1)c1ccc2c(c1)OCO2. The highest BCUT2D eigenvalue weighted by Gasteiger charge is 2.17. The fraction of sp³-hybridized carbons (Fsp3) is 0.200. The van der Waals surface area contributed by atoms with Crippen LogP contribution in [0.3, 0.4) is 0 Å². The Kier molecular flexibility index (Phi) is 6.17. The standard InChI is InChI=1S/C25H24N2O4/c1-17-8-10-20(11-9-17)25(19-6-4-3-5-7-19)26-24(28)15-31-27-18(2)21-12-13-22-23(14-21)30-16-29-22/h3-14,25H,15-16H2,1-2H3,(H,26,28)/b27-18+. The van der Waals surface area contributed by atoms with Crippen molar-refractivity contribution in [3.05, 3.63) is 95.1 Å². The molecule has 1 atom stereocenters. The highest BCUT2D eigenvalue weighted by molar-refractivity contribution is 5.99. The molecule has 1 heterocycles. The molecule has 0 saturated heterocycles. The summed E-state index contributed by atoms with van der Waals surface area (Å²) in [5.74, 6) is 1.13. The van der Waals surface area contributed by atoms with E-state index in [1.807, 2.05) is 86.6 Å². The largest absolute Gasteiger partial charge is 0.454 e.